The molecule has 1 fully saturated rings. The lowest BCUT2D eigenvalue weighted by atomic mass is 9.81. The lowest BCUT2D eigenvalue weighted by Gasteiger charge is -2.35. The second kappa shape index (κ2) is 10.6. The van der Waals surface area contributed by atoms with Crippen LogP contribution in [0, 0.1) is 5.92 Å². The highest BCUT2D eigenvalue weighted by molar-refractivity contribution is 5.94. The average molecular weight is 453 g/mol. The number of carbonyl (C=O) groups excluding carboxylic acids is 1. The summed E-state index contributed by atoms with van der Waals surface area (Å²) in [7, 11) is 1.66. The number of anilines is 1. The minimum atomic E-state index is -0.932. The maximum Gasteiger partial charge on any atom is 0.305 e. The summed E-state index contributed by atoms with van der Waals surface area (Å²) < 4.78 is 11.8. The summed E-state index contributed by atoms with van der Waals surface area (Å²) in [6.07, 6.45) is 6.94. The van der Waals surface area contributed by atoms with Gasteiger partial charge in [-0.15, -0.1) is 0 Å². The highest BCUT2D eigenvalue weighted by Crippen LogP contribution is 2.38. The molecular weight excluding hydrogens is 420 g/mol. The number of carbonyl (C=O) groups is 2. The number of methoxy groups -OCH3 is 1. The summed E-state index contributed by atoms with van der Waals surface area (Å²) >= 11 is 0. The van der Waals surface area contributed by atoms with Gasteiger partial charge in [0.2, 0.25) is 0 Å². The van der Waals surface area contributed by atoms with E-state index in [4.69, 9.17) is 14.6 Å². The molecule has 2 aromatic carbocycles. The third kappa shape index (κ3) is 5.78. The topological polar surface area (TPSA) is 96.9 Å². The Hall–Kier alpha value is -3.22. The molecule has 3 N–H and O–H groups in total. The van der Waals surface area contributed by atoms with E-state index < -0.39 is 5.97 Å². The van der Waals surface area contributed by atoms with Crippen LogP contribution in [0.25, 0.3) is 0 Å². The van der Waals surface area contributed by atoms with E-state index in [0.29, 0.717) is 11.5 Å². The number of hydrogen-bond donors (Lipinski definition) is 3. The van der Waals surface area contributed by atoms with Crippen LogP contribution >= 0.6 is 0 Å². The normalized spacial score (nSPS) is 18.6. The molecule has 2 unspecified atom stereocenters. The molecule has 0 bridgehead atoms. The number of carboxylic acids is 1. The zero-order valence-electron chi connectivity index (χ0n) is 19.0. The first kappa shape index (κ1) is 23.0. The van der Waals surface area contributed by atoms with E-state index in [1.165, 1.54) is 37.7 Å². The largest absolute Gasteiger partial charge is 0.497 e. The van der Waals surface area contributed by atoms with E-state index >= 15 is 0 Å². The Morgan fingerprint density at radius 3 is 2.58 bits per heavy atom. The van der Waals surface area contributed by atoms with Crippen molar-refractivity contribution in [3.05, 3.63) is 53.6 Å². The number of rotatable bonds is 9. The van der Waals surface area contributed by atoms with Crippen molar-refractivity contribution in [2.24, 2.45) is 5.92 Å². The van der Waals surface area contributed by atoms with Crippen LogP contribution in [0.4, 0.5) is 5.69 Å². The molecule has 0 radical (unpaired) electrons. The van der Waals surface area contributed by atoms with Crippen LogP contribution in [-0.4, -0.2) is 42.8 Å². The summed E-state index contributed by atoms with van der Waals surface area (Å²) in [5, 5.41) is 15.1. The van der Waals surface area contributed by atoms with Gasteiger partial charge >= 0.3 is 5.97 Å². The number of nitrogens with one attached hydrogen (secondary N) is 2. The quantitative estimate of drug-likeness (QED) is 0.526. The zero-order valence-corrected chi connectivity index (χ0v) is 19.0. The lowest BCUT2D eigenvalue weighted by molar-refractivity contribution is -0.136. The fraction of sp³-hybridized carbons (Fsp3) is 0.462. The van der Waals surface area contributed by atoms with Gasteiger partial charge in [0.25, 0.3) is 5.91 Å². The highest BCUT2D eigenvalue weighted by atomic mass is 16.5. The Balaban J connectivity index is 1.45. The van der Waals surface area contributed by atoms with Gasteiger partial charge in [0.05, 0.1) is 19.6 Å². The van der Waals surface area contributed by atoms with Gasteiger partial charge in [-0.2, -0.15) is 0 Å². The van der Waals surface area contributed by atoms with E-state index in [2.05, 4.69) is 16.7 Å². The summed E-state index contributed by atoms with van der Waals surface area (Å²) in [4.78, 5) is 22.9. The third-order valence-corrected chi connectivity index (χ3v) is 6.64. The number of ether oxygens (including phenoxy) is 2. The van der Waals surface area contributed by atoms with Crippen molar-refractivity contribution < 1.29 is 24.2 Å². The van der Waals surface area contributed by atoms with Crippen LogP contribution in [0.5, 0.6) is 11.5 Å². The molecule has 1 saturated carbocycles. The molecule has 7 heteroatoms. The van der Waals surface area contributed by atoms with Gasteiger partial charge in [-0.25, -0.2) is 0 Å². The summed E-state index contributed by atoms with van der Waals surface area (Å²) in [6, 6.07) is 13.6. The maximum absolute atomic E-state index is 12.2. The van der Waals surface area contributed by atoms with E-state index in [0.717, 1.165) is 23.6 Å². The lowest BCUT2D eigenvalue weighted by Crippen LogP contribution is -2.43. The molecule has 2 atom stereocenters. The van der Waals surface area contributed by atoms with Crippen molar-refractivity contribution in [3.63, 3.8) is 0 Å². The number of hydrogen-bond acceptors (Lipinski definition) is 5. The summed E-state index contributed by atoms with van der Waals surface area (Å²) in [6.45, 7) is 0.113. The molecule has 0 aromatic heterocycles. The number of aliphatic carboxylic acids is 1. The molecule has 1 aliphatic carbocycles. The Morgan fingerprint density at radius 2 is 1.88 bits per heavy atom. The molecule has 2 aromatic rings. The monoisotopic (exact) mass is 452 g/mol. The second-order valence-electron chi connectivity index (χ2n) is 8.88. The first-order chi connectivity index (χ1) is 16.0. The first-order valence-corrected chi connectivity index (χ1v) is 11.7. The Kier molecular flexibility index (Phi) is 7.37. The van der Waals surface area contributed by atoms with Crippen molar-refractivity contribution in [1.82, 2.24) is 5.32 Å². The van der Waals surface area contributed by atoms with Gasteiger partial charge in [-0.05, 0) is 54.7 Å². The van der Waals surface area contributed by atoms with Crippen molar-refractivity contribution in [1.29, 1.82) is 0 Å². The summed E-state index contributed by atoms with van der Waals surface area (Å²) in [5.74, 6) is 1.02. The van der Waals surface area contributed by atoms with E-state index in [1.807, 2.05) is 24.3 Å². The molecule has 2 aliphatic rings. The van der Waals surface area contributed by atoms with Gasteiger partial charge in [-0.3, -0.25) is 9.59 Å². The summed E-state index contributed by atoms with van der Waals surface area (Å²) in [5.41, 5.74) is 2.67. The third-order valence-electron chi connectivity index (χ3n) is 6.64. The fourth-order valence-corrected chi connectivity index (χ4v) is 4.86. The predicted molar refractivity (Wildman–Crippen MR) is 126 cm³/mol. The molecular formula is C26H32N2O5. The van der Waals surface area contributed by atoms with Gasteiger partial charge in [-0.1, -0.05) is 25.3 Å². The second-order valence-corrected chi connectivity index (χ2v) is 8.88. The van der Waals surface area contributed by atoms with Gasteiger partial charge in [0.15, 0.2) is 0 Å². The van der Waals surface area contributed by atoms with Gasteiger partial charge < -0.3 is 25.2 Å². The van der Waals surface area contributed by atoms with Crippen LogP contribution in [0.2, 0.25) is 0 Å². The van der Waals surface area contributed by atoms with Gasteiger partial charge in [0, 0.05) is 30.3 Å². The Morgan fingerprint density at radius 1 is 1.12 bits per heavy atom. The molecule has 1 heterocycles. The number of benzene rings is 2. The van der Waals surface area contributed by atoms with Crippen LogP contribution < -0.4 is 20.1 Å². The van der Waals surface area contributed by atoms with Crippen molar-refractivity contribution in [2.75, 3.05) is 19.0 Å². The van der Waals surface area contributed by atoms with Crippen molar-refractivity contribution in [3.8, 4) is 11.5 Å². The number of carboxylic acid groups (broad SMARTS) is 1. The molecule has 1 amide bonds. The van der Waals surface area contributed by atoms with Crippen LogP contribution in [0.1, 0.15) is 54.4 Å². The SMILES string of the molecule is COc1ccc2c(c1)OC(C(Nc1ccc(C(=O)NCCC(=O)O)cc1)C1CCCCC1)C2. The zero-order chi connectivity index (χ0) is 23.2. The molecule has 1 aliphatic heterocycles. The predicted octanol–water partition coefficient (Wildman–Crippen LogP) is 4.26. The van der Waals surface area contributed by atoms with Crippen molar-refractivity contribution in [2.45, 2.75) is 57.1 Å². The Labute approximate surface area is 194 Å². The minimum Gasteiger partial charge on any atom is -0.497 e. The standard InChI is InChI=1S/C26H32N2O5/c1-32-21-12-9-19-15-23(33-22(19)16-21)25(17-5-3-2-4-6-17)28-20-10-7-18(8-11-20)26(31)27-14-13-24(29)30/h7-12,16-17,23,25,28H,2-6,13-15H2,1H3,(H,27,31)(H,29,30). The van der Waals surface area contributed by atoms with E-state index in [9.17, 15) is 9.59 Å². The van der Waals surface area contributed by atoms with E-state index in [-0.39, 0.29) is 31.0 Å². The van der Waals surface area contributed by atoms with E-state index in [1.54, 1.807) is 19.2 Å². The molecule has 0 spiro atoms. The Bertz CT molecular complexity index is 969. The number of amides is 1. The average Bonchev–Trinajstić information content (AvgIpc) is 3.26. The maximum atomic E-state index is 12.2. The minimum absolute atomic E-state index is 0.0363. The van der Waals surface area contributed by atoms with Crippen LogP contribution in [0.15, 0.2) is 42.5 Å². The molecule has 7 nitrogen and oxygen atoms in total. The van der Waals surface area contributed by atoms with Crippen LogP contribution in [0.3, 0.4) is 0 Å². The van der Waals surface area contributed by atoms with Gasteiger partial charge in [0.1, 0.15) is 17.6 Å². The molecule has 4 rings (SSSR count). The highest BCUT2D eigenvalue weighted by Gasteiger charge is 2.36. The molecule has 0 saturated heterocycles. The smallest absolute Gasteiger partial charge is 0.305 e. The number of fused-ring (bicyclic) bond motifs is 1. The van der Waals surface area contributed by atoms with Crippen LogP contribution in [-0.2, 0) is 11.2 Å². The van der Waals surface area contributed by atoms with Crippen molar-refractivity contribution >= 4 is 17.6 Å². The first-order valence-electron chi connectivity index (χ1n) is 11.7. The molecule has 33 heavy (non-hydrogen) atoms. The fourth-order valence-electron chi connectivity index (χ4n) is 4.86. The molecule has 176 valence electrons.